The number of rotatable bonds is 5. The maximum absolute atomic E-state index is 12.2. The fourth-order valence-electron chi connectivity index (χ4n) is 2.00. The average Bonchev–Trinajstić information content (AvgIpc) is 2.50. The quantitative estimate of drug-likeness (QED) is 0.825. The number of carbonyl (C=O) groups is 1. The Labute approximate surface area is 133 Å². The van der Waals surface area contributed by atoms with Crippen molar-refractivity contribution in [3.8, 4) is 5.75 Å². The number of halogens is 2. The summed E-state index contributed by atoms with van der Waals surface area (Å²) in [6.07, 6.45) is 0.622. The van der Waals surface area contributed by atoms with Crippen molar-refractivity contribution < 1.29 is 9.90 Å². The lowest BCUT2D eigenvalue weighted by molar-refractivity contribution is 0.0938. The van der Waals surface area contributed by atoms with Gasteiger partial charge >= 0.3 is 0 Å². The molecular weight excluding hydrogens is 309 g/mol. The van der Waals surface area contributed by atoms with E-state index in [-0.39, 0.29) is 23.2 Å². The van der Waals surface area contributed by atoms with Gasteiger partial charge in [0.2, 0.25) is 0 Å². The molecule has 0 aliphatic rings. The van der Waals surface area contributed by atoms with Gasteiger partial charge in [0.25, 0.3) is 5.91 Å². The number of hydrogen-bond acceptors (Lipinski definition) is 2. The highest BCUT2D eigenvalue weighted by atomic mass is 35.5. The van der Waals surface area contributed by atoms with Crippen molar-refractivity contribution in [2.45, 2.75) is 12.5 Å². The van der Waals surface area contributed by atoms with Gasteiger partial charge in [-0.1, -0.05) is 41.9 Å². The molecule has 0 saturated carbocycles. The summed E-state index contributed by atoms with van der Waals surface area (Å²) in [5, 5.41) is 12.9. The van der Waals surface area contributed by atoms with Crippen LogP contribution >= 0.6 is 23.2 Å². The first-order chi connectivity index (χ1) is 10.1. The van der Waals surface area contributed by atoms with Gasteiger partial charge in [-0.15, -0.1) is 11.6 Å². The van der Waals surface area contributed by atoms with Crippen molar-refractivity contribution in [1.29, 1.82) is 0 Å². The summed E-state index contributed by atoms with van der Waals surface area (Å²) in [5.74, 6) is -0.219. The predicted octanol–water partition coefficient (Wildman–Crippen LogP) is 3.63. The first-order valence-corrected chi connectivity index (χ1v) is 7.40. The van der Waals surface area contributed by atoms with Gasteiger partial charge in [-0.05, 0) is 30.2 Å². The number of amides is 1. The Kier molecular flexibility index (Phi) is 5.48. The summed E-state index contributed by atoms with van der Waals surface area (Å²) in [6, 6.07) is 13.9. The van der Waals surface area contributed by atoms with Gasteiger partial charge in [0.05, 0.1) is 5.56 Å². The SMILES string of the molecule is O=C(NC(CCl)Cc1ccccc1)c1cc(Cl)ccc1O. The molecule has 2 aromatic rings. The van der Waals surface area contributed by atoms with Gasteiger partial charge < -0.3 is 10.4 Å². The Morgan fingerprint density at radius 2 is 1.90 bits per heavy atom. The fraction of sp³-hybridized carbons (Fsp3) is 0.188. The lowest BCUT2D eigenvalue weighted by Gasteiger charge is -2.16. The van der Waals surface area contributed by atoms with E-state index in [0.717, 1.165) is 5.56 Å². The Bertz CT molecular complexity index is 617. The summed E-state index contributed by atoms with van der Waals surface area (Å²) in [5.41, 5.74) is 1.23. The van der Waals surface area contributed by atoms with E-state index in [1.165, 1.54) is 18.2 Å². The number of aromatic hydroxyl groups is 1. The Morgan fingerprint density at radius 1 is 1.19 bits per heavy atom. The van der Waals surface area contributed by atoms with Crippen LogP contribution in [0.2, 0.25) is 5.02 Å². The highest BCUT2D eigenvalue weighted by Gasteiger charge is 2.16. The van der Waals surface area contributed by atoms with Crippen LogP contribution in [0.5, 0.6) is 5.75 Å². The van der Waals surface area contributed by atoms with Crippen LogP contribution in [0.3, 0.4) is 0 Å². The topological polar surface area (TPSA) is 49.3 Å². The molecule has 1 amide bonds. The Balaban J connectivity index is 2.07. The first kappa shape index (κ1) is 15.7. The molecule has 1 unspecified atom stereocenters. The van der Waals surface area contributed by atoms with Crippen molar-refractivity contribution >= 4 is 29.1 Å². The minimum absolute atomic E-state index is 0.107. The number of phenolic OH excluding ortho intramolecular Hbond substituents is 1. The maximum Gasteiger partial charge on any atom is 0.255 e. The highest BCUT2D eigenvalue weighted by molar-refractivity contribution is 6.31. The van der Waals surface area contributed by atoms with Crippen LogP contribution in [0.25, 0.3) is 0 Å². The molecule has 0 aliphatic carbocycles. The smallest absolute Gasteiger partial charge is 0.255 e. The van der Waals surface area contributed by atoms with Gasteiger partial charge in [0.15, 0.2) is 0 Å². The number of nitrogens with one attached hydrogen (secondary N) is 1. The molecule has 2 N–H and O–H groups in total. The predicted molar refractivity (Wildman–Crippen MR) is 85.2 cm³/mol. The van der Waals surface area contributed by atoms with Gasteiger partial charge in [0.1, 0.15) is 5.75 Å². The second kappa shape index (κ2) is 7.34. The van der Waals surface area contributed by atoms with Gasteiger partial charge in [-0.3, -0.25) is 4.79 Å². The molecular formula is C16H15Cl2NO2. The zero-order valence-corrected chi connectivity index (χ0v) is 12.7. The third-order valence-corrected chi connectivity index (χ3v) is 3.66. The molecule has 0 aromatic heterocycles. The molecule has 0 spiro atoms. The molecule has 0 radical (unpaired) electrons. The zero-order valence-electron chi connectivity index (χ0n) is 11.2. The number of carbonyl (C=O) groups excluding carboxylic acids is 1. The number of phenols is 1. The Hall–Kier alpha value is -1.71. The average molecular weight is 324 g/mol. The zero-order chi connectivity index (χ0) is 15.2. The highest BCUT2D eigenvalue weighted by Crippen LogP contribution is 2.21. The Morgan fingerprint density at radius 3 is 2.57 bits per heavy atom. The van der Waals surface area contributed by atoms with Crippen LogP contribution < -0.4 is 5.32 Å². The minimum Gasteiger partial charge on any atom is -0.507 e. The first-order valence-electron chi connectivity index (χ1n) is 6.49. The van der Waals surface area contributed by atoms with Crippen LogP contribution in [0.1, 0.15) is 15.9 Å². The van der Waals surface area contributed by atoms with Crippen molar-refractivity contribution in [2.24, 2.45) is 0 Å². The summed E-state index contributed by atoms with van der Waals surface area (Å²) < 4.78 is 0. The van der Waals surface area contributed by atoms with E-state index >= 15 is 0 Å². The molecule has 2 rings (SSSR count). The summed E-state index contributed by atoms with van der Waals surface area (Å²) in [7, 11) is 0. The van der Waals surface area contributed by atoms with Crippen LogP contribution in [0, 0.1) is 0 Å². The largest absolute Gasteiger partial charge is 0.507 e. The van der Waals surface area contributed by atoms with Crippen LogP contribution in [-0.2, 0) is 6.42 Å². The van der Waals surface area contributed by atoms with E-state index in [0.29, 0.717) is 11.4 Å². The number of hydrogen-bond donors (Lipinski definition) is 2. The van der Waals surface area contributed by atoms with Crippen molar-refractivity contribution in [3.05, 3.63) is 64.7 Å². The minimum atomic E-state index is -0.392. The molecule has 0 bridgehead atoms. The lowest BCUT2D eigenvalue weighted by Crippen LogP contribution is -2.37. The molecule has 0 saturated heterocycles. The molecule has 0 fully saturated rings. The molecule has 5 heteroatoms. The third kappa shape index (κ3) is 4.38. The second-order valence-corrected chi connectivity index (χ2v) is 5.42. The molecule has 21 heavy (non-hydrogen) atoms. The van der Waals surface area contributed by atoms with Gasteiger partial charge in [0, 0.05) is 16.9 Å². The normalized spacial score (nSPS) is 11.9. The fourth-order valence-corrected chi connectivity index (χ4v) is 2.35. The molecule has 0 aliphatic heterocycles. The molecule has 1 atom stereocenters. The molecule has 2 aromatic carbocycles. The molecule has 110 valence electrons. The van der Waals surface area contributed by atoms with E-state index in [1.54, 1.807) is 0 Å². The van der Waals surface area contributed by atoms with Crippen LogP contribution in [-0.4, -0.2) is 22.9 Å². The van der Waals surface area contributed by atoms with E-state index in [9.17, 15) is 9.90 Å². The van der Waals surface area contributed by atoms with E-state index < -0.39 is 5.91 Å². The van der Waals surface area contributed by atoms with Gasteiger partial charge in [-0.25, -0.2) is 0 Å². The lowest BCUT2D eigenvalue weighted by atomic mass is 10.1. The molecule has 3 nitrogen and oxygen atoms in total. The van der Waals surface area contributed by atoms with Crippen molar-refractivity contribution in [2.75, 3.05) is 5.88 Å². The second-order valence-electron chi connectivity index (χ2n) is 4.68. The summed E-state index contributed by atoms with van der Waals surface area (Å²) >= 11 is 11.8. The standard InChI is InChI=1S/C16H15Cl2NO2/c17-10-13(8-11-4-2-1-3-5-11)19-16(21)14-9-12(18)6-7-15(14)20/h1-7,9,13,20H,8,10H2,(H,19,21). The van der Waals surface area contributed by atoms with Crippen molar-refractivity contribution in [1.82, 2.24) is 5.32 Å². The van der Waals surface area contributed by atoms with Crippen LogP contribution in [0.15, 0.2) is 48.5 Å². The number of benzene rings is 2. The van der Waals surface area contributed by atoms with E-state index in [2.05, 4.69) is 5.32 Å². The summed E-state index contributed by atoms with van der Waals surface area (Å²) in [6.45, 7) is 0. The van der Waals surface area contributed by atoms with Gasteiger partial charge in [-0.2, -0.15) is 0 Å². The number of alkyl halides is 1. The molecule has 0 heterocycles. The maximum atomic E-state index is 12.2. The van der Waals surface area contributed by atoms with E-state index in [1.807, 2.05) is 30.3 Å². The third-order valence-electron chi connectivity index (χ3n) is 3.05. The van der Waals surface area contributed by atoms with Crippen LogP contribution in [0.4, 0.5) is 0 Å². The van der Waals surface area contributed by atoms with E-state index in [4.69, 9.17) is 23.2 Å². The summed E-state index contributed by atoms with van der Waals surface area (Å²) in [4.78, 5) is 12.2. The van der Waals surface area contributed by atoms with Crippen molar-refractivity contribution in [3.63, 3.8) is 0 Å². The monoisotopic (exact) mass is 323 g/mol.